The van der Waals surface area contributed by atoms with Crippen LogP contribution in [0.3, 0.4) is 0 Å². The standard InChI is InChI=1S/C26H30N5O8PS/c1-14(24(34)36-4)30-40(41,39-18-11-7-9-16-8-5-6-10-17(16)18)37-12-19-21(32)26(3,35)25(38-19)31-13-27-20-22(31)28-15(2)29-23(20)33/h5-11,13-14,19,21,25,32,35H,12H2,1-4H3,(H,30,41)(H,28,29,33)/t14?,19-,21?,25-,26?,40?/m1/s1. The largest absolute Gasteiger partial charge is 0.468 e. The normalized spacial score (nSPS) is 24.8. The molecule has 5 rings (SSSR count). The van der Waals surface area contributed by atoms with Crippen LogP contribution in [-0.2, 0) is 30.6 Å². The van der Waals surface area contributed by atoms with Crippen molar-refractivity contribution < 1.29 is 33.5 Å². The van der Waals surface area contributed by atoms with E-state index in [1.807, 2.05) is 36.4 Å². The Balaban J connectivity index is 1.42. The van der Waals surface area contributed by atoms with Crippen molar-refractivity contribution in [1.29, 1.82) is 0 Å². The summed E-state index contributed by atoms with van der Waals surface area (Å²) in [7, 11) is 1.26. The number of hydrogen-bond acceptors (Lipinski definition) is 11. The Bertz CT molecular complexity index is 1700. The number of aliphatic hydroxyl groups excluding tert-OH is 1. The van der Waals surface area contributed by atoms with Crippen LogP contribution in [-0.4, -0.2) is 73.3 Å². The molecule has 1 saturated heterocycles. The molecule has 1 aliphatic heterocycles. The van der Waals surface area contributed by atoms with Crippen LogP contribution in [0.4, 0.5) is 0 Å². The van der Waals surface area contributed by atoms with Crippen LogP contribution in [0.15, 0.2) is 53.6 Å². The summed E-state index contributed by atoms with van der Waals surface area (Å²) >= 11 is 5.81. The lowest BCUT2D eigenvalue weighted by Crippen LogP contribution is -2.44. The smallest absolute Gasteiger partial charge is 0.323 e. The van der Waals surface area contributed by atoms with Crippen LogP contribution < -0.4 is 15.2 Å². The summed E-state index contributed by atoms with van der Waals surface area (Å²) < 4.78 is 24.6. The Kier molecular flexibility index (Phi) is 8.01. The zero-order chi connectivity index (χ0) is 29.5. The van der Waals surface area contributed by atoms with E-state index in [1.54, 1.807) is 19.9 Å². The molecule has 4 unspecified atom stereocenters. The predicted octanol–water partition coefficient (Wildman–Crippen LogP) is 2.06. The first-order chi connectivity index (χ1) is 19.4. The van der Waals surface area contributed by atoms with Gasteiger partial charge in [-0.2, -0.15) is 0 Å². The Morgan fingerprint density at radius 3 is 2.80 bits per heavy atom. The quantitative estimate of drug-likeness (QED) is 0.162. The van der Waals surface area contributed by atoms with Gasteiger partial charge in [-0.3, -0.25) is 14.2 Å². The van der Waals surface area contributed by atoms with Gasteiger partial charge in [-0.05, 0) is 44.0 Å². The molecule has 218 valence electrons. The van der Waals surface area contributed by atoms with Gasteiger partial charge in [-0.25, -0.2) is 15.1 Å². The van der Waals surface area contributed by atoms with Gasteiger partial charge in [0.05, 0.1) is 20.0 Å². The van der Waals surface area contributed by atoms with E-state index in [2.05, 4.69) is 20.0 Å². The van der Waals surface area contributed by atoms with Crippen molar-refractivity contribution in [2.24, 2.45) is 0 Å². The van der Waals surface area contributed by atoms with E-state index < -0.39 is 48.2 Å². The number of benzene rings is 2. The molecule has 1 aliphatic rings. The number of nitrogens with one attached hydrogen (secondary N) is 2. The molecule has 15 heteroatoms. The van der Waals surface area contributed by atoms with Gasteiger partial charge in [-0.1, -0.05) is 36.4 Å². The van der Waals surface area contributed by atoms with Crippen LogP contribution in [0.2, 0.25) is 0 Å². The number of ether oxygens (including phenoxy) is 2. The molecule has 4 N–H and O–H groups in total. The summed E-state index contributed by atoms with van der Waals surface area (Å²) in [5.41, 5.74) is -2.03. The molecule has 6 atom stereocenters. The van der Waals surface area contributed by atoms with Crippen LogP contribution in [0, 0.1) is 6.92 Å². The summed E-state index contributed by atoms with van der Waals surface area (Å²) in [5, 5.41) is 27.0. The number of hydrogen-bond donors (Lipinski definition) is 4. The zero-order valence-corrected chi connectivity index (χ0v) is 24.4. The van der Waals surface area contributed by atoms with Gasteiger partial charge in [0.15, 0.2) is 17.4 Å². The fourth-order valence-electron chi connectivity index (χ4n) is 4.72. The topological polar surface area (TPSA) is 170 Å². The highest BCUT2D eigenvalue weighted by Crippen LogP contribution is 2.48. The minimum absolute atomic E-state index is 0.0594. The van der Waals surface area contributed by atoms with E-state index in [0.717, 1.165) is 10.8 Å². The number of esters is 1. The third-order valence-electron chi connectivity index (χ3n) is 6.84. The molecular formula is C26H30N5O8PS. The molecule has 4 aromatic rings. The minimum atomic E-state index is -3.49. The second-order valence-corrected chi connectivity index (χ2v) is 13.0. The maximum Gasteiger partial charge on any atom is 0.323 e. The van der Waals surface area contributed by atoms with Gasteiger partial charge in [0.1, 0.15) is 35.4 Å². The van der Waals surface area contributed by atoms with Crippen LogP contribution in [0.1, 0.15) is 25.9 Å². The first kappa shape index (κ1) is 29.3. The molecular weight excluding hydrogens is 573 g/mol. The number of rotatable bonds is 9. The number of carbonyl (C=O) groups excluding carboxylic acids is 1. The van der Waals surface area contributed by atoms with E-state index in [-0.39, 0.29) is 17.8 Å². The summed E-state index contributed by atoms with van der Waals surface area (Å²) in [5.74, 6) is 0.207. The SMILES string of the molecule is COC(=O)C(C)NP(=S)(OC[C@H]1O[C@@H](n2cnc3c(=O)[nH]c(C)nc32)C(C)(O)C1O)Oc1cccc2ccccc12. The second kappa shape index (κ2) is 11.2. The van der Waals surface area contributed by atoms with Gasteiger partial charge < -0.3 is 33.7 Å². The molecule has 0 spiro atoms. The van der Waals surface area contributed by atoms with E-state index in [9.17, 15) is 19.8 Å². The van der Waals surface area contributed by atoms with E-state index >= 15 is 0 Å². The molecule has 0 aliphatic carbocycles. The number of carbonyl (C=O) groups is 1. The number of imidazole rings is 1. The highest BCUT2D eigenvalue weighted by atomic mass is 32.5. The van der Waals surface area contributed by atoms with Gasteiger partial charge in [0.2, 0.25) is 0 Å². The van der Waals surface area contributed by atoms with Gasteiger partial charge in [0.25, 0.3) is 5.56 Å². The van der Waals surface area contributed by atoms with Crippen molar-refractivity contribution in [1.82, 2.24) is 24.6 Å². The molecule has 0 saturated carbocycles. The lowest BCUT2D eigenvalue weighted by atomic mass is 9.96. The highest BCUT2D eigenvalue weighted by molar-refractivity contribution is 8.09. The van der Waals surface area contributed by atoms with Crippen LogP contribution in [0.25, 0.3) is 21.9 Å². The molecule has 2 aromatic carbocycles. The molecule has 1 fully saturated rings. The summed E-state index contributed by atoms with van der Waals surface area (Å²) in [6.45, 7) is 0.774. The summed E-state index contributed by atoms with van der Waals surface area (Å²) in [6.07, 6.45) is -2.37. The summed E-state index contributed by atoms with van der Waals surface area (Å²) in [6, 6.07) is 12.1. The van der Waals surface area contributed by atoms with E-state index in [4.69, 9.17) is 30.3 Å². The van der Waals surface area contributed by atoms with Crippen molar-refractivity contribution in [3.63, 3.8) is 0 Å². The number of H-pyrrole nitrogens is 1. The predicted molar refractivity (Wildman–Crippen MR) is 153 cm³/mol. The average Bonchev–Trinajstić information content (AvgIpc) is 3.45. The molecule has 13 nitrogen and oxygen atoms in total. The maximum absolute atomic E-state index is 12.3. The average molecular weight is 604 g/mol. The summed E-state index contributed by atoms with van der Waals surface area (Å²) in [4.78, 5) is 35.5. The number of aromatic nitrogens is 4. The van der Waals surface area contributed by atoms with Crippen molar-refractivity contribution in [3.05, 3.63) is 65.0 Å². The monoisotopic (exact) mass is 603 g/mol. The van der Waals surface area contributed by atoms with E-state index in [1.165, 1.54) is 24.9 Å². The number of fused-ring (bicyclic) bond motifs is 2. The fourth-order valence-corrected chi connectivity index (χ4v) is 7.14. The number of aryl methyl sites for hydroxylation is 1. The van der Waals surface area contributed by atoms with Crippen molar-refractivity contribution >= 4 is 46.4 Å². The zero-order valence-electron chi connectivity index (χ0n) is 22.7. The lowest BCUT2D eigenvalue weighted by Gasteiger charge is -2.28. The second-order valence-electron chi connectivity index (χ2n) is 9.91. The molecule has 0 radical (unpaired) electrons. The Morgan fingerprint density at radius 2 is 2.05 bits per heavy atom. The third-order valence-corrected chi connectivity index (χ3v) is 9.33. The lowest BCUT2D eigenvalue weighted by molar-refractivity contribution is -0.142. The molecule has 41 heavy (non-hydrogen) atoms. The Hall–Kier alpha value is -3.23. The van der Waals surface area contributed by atoms with Gasteiger partial charge in [-0.15, -0.1) is 0 Å². The molecule has 3 heterocycles. The Morgan fingerprint density at radius 1 is 1.32 bits per heavy atom. The first-order valence-corrected chi connectivity index (χ1v) is 15.3. The van der Waals surface area contributed by atoms with Gasteiger partial charge in [0, 0.05) is 5.39 Å². The fraction of sp³-hybridized carbons (Fsp3) is 0.385. The van der Waals surface area contributed by atoms with Crippen molar-refractivity contribution in [2.45, 2.75) is 50.8 Å². The highest BCUT2D eigenvalue weighted by Gasteiger charge is 2.54. The molecule has 0 bridgehead atoms. The van der Waals surface area contributed by atoms with E-state index in [0.29, 0.717) is 11.6 Å². The maximum atomic E-state index is 12.3. The molecule has 2 aromatic heterocycles. The third kappa shape index (κ3) is 5.64. The number of methoxy groups -OCH3 is 1. The van der Waals surface area contributed by atoms with Gasteiger partial charge >= 0.3 is 12.6 Å². The van der Waals surface area contributed by atoms with Crippen molar-refractivity contribution in [3.8, 4) is 5.75 Å². The first-order valence-electron chi connectivity index (χ1n) is 12.7. The van der Waals surface area contributed by atoms with Crippen LogP contribution >= 0.6 is 6.64 Å². The molecule has 0 amide bonds. The Labute approximate surface area is 239 Å². The number of aromatic amines is 1. The van der Waals surface area contributed by atoms with Crippen molar-refractivity contribution in [2.75, 3.05) is 13.7 Å². The minimum Gasteiger partial charge on any atom is -0.468 e. The van der Waals surface area contributed by atoms with Crippen LogP contribution in [0.5, 0.6) is 5.75 Å². The number of aliphatic hydroxyl groups is 2. The number of nitrogens with zero attached hydrogens (tertiary/aromatic N) is 3.